The van der Waals surface area contributed by atoms with Crippen molar-refractivity contribution in [2.24, 2.45) is 0 Å². The topological polar surface area (TPSA) is 70.0 Å². The molecule has 2 aromatic carbocycles. The van der Waals surface area contributed by atoms with Gasteiger partial charge in [-0.3, -0.25) is 4.72 Å². The van der Waals surface area contributed by atoms with Crippen LogP contribution in [0.3, 0.4) is 0 Å². The number of hydrogen-bond acceptors (Lipinski definition) is 3. The monoisotopic (exact) mass is 344 g/mol. The molecule has 0 saturated heterocycles. The number of rotatable bonds is 3. The minimum absolute atomic E-state index is 0.0754. The van der Waals surface area contributed by atoms with Gasteiger partial charge in [0.05, 0.1) is 21.3 Å². The van der Waals surface area contributed by atoms with Crippen LogP contribution in [0.15, 0.2) is 41.3 Å². The van der Waals surface area contributed by atoms with E-state index in [4.69, 9.17) is 28.5 Å². The van der Waals surface area contributed by atoms with Crippen LogP contribution in [0.2, 0.25) is 10.0 Å². The molecule has 0 aliphatic heterocycles. The van der Waals surface area contributed by atoms with Gasteiger partial charge in [-0.1, -0.05) is 35.3 Å². The van der Waals surface area contributed by atoms with Crippen molar-refractivity contribution in [1.29, 1.82) is 5.26 Å². The predicted molar refractivity (Wildman–Crippen MR) is 78.4 cm³/mol. The number of nitriles is 1. The van der Waals surface area contributed by atoms with Crippen LogP contribution in [0, 0.1) is 17.1 Å². The molecule has 0 amide bonds. The summed E-state index contributed by atoms with van der Waals surface area (Å²) in [4.78, 5) is -0.459. The third-order valence-electron chi connectivity index (χ3n) is 2.58. The second kappa shape index (κ2) is 5.90. The van der Waals surface area contributed by atoms with Crippen molar-refractivity contribution < 1.29 is 12.8 Å². The SMILES string of the molecule is N#Cc1ccccc1NS(=O)(=O)c1ccc(Cl)c(F)c1Cl. The van der Waals surface area contributed by atoms with Gasteiger partial charge in [-0.05, 0) is 24.3 Å². The second-order valence-corrected chi connectivity index (χ2v) is 6.37. The lowest BCUT2D eigenvalue weighted by Crippen LogP contribution is -2.14. The van der Waals surface area contributed by atoms with Gasteiger partial charge < -0.3 is 0 Å². The summed E-state index contributed by atoms with van der Waals surface area (Å²) in [5.74, 6) is -1.02. The van der Waals surface area contributed by atoms with Crippen LogP contribution in [-0.2, 0) is 10.0 Å². The van der Waals surface area contributed by atoms with Crippen LogP contribution in [-0.4, -0.2) is 8.42 Å². The van der Waals surface area contributed by atoms with E-state index in [-0.39, 0.29) is 16.3 Å². The van der Waals surface area contributed by atoms with Gasteiger partial charge in [0.2, 0.25) is 0 Å². The molecule has 2 aromatic rings. The molecular formula is C13H7Cl2FN2O2S. The Kier molecular flexibility index (Phi) is 4.37. The van der Waals surface area contributed by atoms with E-state index in [1.807, 2.05) is 6.07 Å². The number of halogens is 3. The van der Waals surface area contributed by atoms with Crippen molar-refractivity contribution in [3.05, 3.63) is 57.8 Å². The number of anilines is 1. The molecule has 108 valence electrons. The summed E-state index contributed by atoms with van der Waals surface area (Å²) in [6, 6.07) is 10.0. The highest BCUT2D eigenvalue weighted by Gasteiger charge is 2.22. The first-order chi connectivity index (χ1) is 9.86. The Balaban J connectivity index is 2.50. The average molecular weight is 345 g/mol. The summed E-state index contributed by atoms with van der Waals surface area (Å²) in [5, 5.41) is 8.04. The molecule has 0 aliphatic carbocycles. The number of benzene rings is 2. The van der Waals surface area contributed by atoms with Crippen molar-refractivity contribution in [1.82, 2.24) is 0 Å². The van der Waals surface area contributed by atoms with Crippen LogP contribution in [0.25, 0.3) is 0 Å². The Bertz CT molecular complexity index is 848. The molecule has 0 unspecified atom stereocenters. The van der Waals surface area contributed by atoms with Crippen LogP contribution >= 0.6 is 23.2 Å². The highest BCUT2D eigenvalue weighted by molar-refractivity contribution is 7.92. The Labute approximate surface area is 130 Å². The molecule has 0 fully saturated rings. The lowest BCUT2D eigenvalue weighted by atomic mass is 10.2. The molecule has 0 radical (unpaired) electrons. The van der Waals surface area contributed by atoms with Gasteiger partial charge in [0.1, 0.15) is 11.0 Å². The second-order valence-electron chi connectivity index (χ2n) is 3.94. The van der Waals surface area contributed by atoms with E-state index in [0.29, 0.717) is 0 Å². The maximum Gasteiger partial charge on any atom is 0.263 e. The first-order valence-corrected chi connectivity index (χ1v) is 7.76. The molecule has 0 atom stereocenters. The molecule has 4 nitrogen and oxygen atoms in total. The maximum absolute atomic E-state index is 13.6. The minimum Gasteiger partial charge on any atom is -0.278 e. The van der Waals surface area contributed by atoms with E-state index in [0.717, 1.165) is 12.1 Å². The molecule has 0 aromatic heterocycles. The molecule has 21 heavy (non-hydrogen) atoms. The zero-order valence-corrected chi connectivity index (χ0v) is 12.6. The third-order valence-corrected chi connectivity index (χ3v) is 4.76. The van der Waals surface area contributed by atoms with Crippen molar-refractivity contribution in [3.63, 3.8) is 0 Å². The Morgan fingerprint density at radius 2 is 1.81 bits per heavy atom. The van der Waals surface area contributed by atoms with Crippen molar-refractivity contribution in [3.8, 4) is 6.07 Å². The van der Waals surface area contributed by atoms with Gasteiger partial charge in [0, 0.05) is 0 Å². The summed E-state index contributed by atoms with van der Waals surface area (Å²) in [7, 11) is -4.15. The molecule has 1 N–H and O–H groups in total. The first kappa shape index (κ1) is 15.6. The smallest absolute Gasteiger partial charge is 0.263 e. The van der Waals surface area contributed by atoms with Gasteiger partial charge in [-0.25, -0.2) is 12.8 Å². The Hall–Kier alpha value is -1.81. The highest BCUT2D eigenvalue weighted by atomic mass is 35.5. The normalized spacial score (nSPS) is 11.0. The van der Waals surface area contributed by atoms with E-state index in [9.17, 15) is 12.8 Å². The van der Waals surface area contributed by atoms with E-state index in [1.165, 1.54) is 12.1 Å². The van der Waals surface area contributed by atoms with Crippen LogP contribution in [0.5, 0.6) is 0 Å². The van der Waals surface area contributed by atoms with E-state index >= 15 is 0 Å². The molecule has 0 saturated carbocycles. The lowest BCUT2D eigenvalue weighted by molar-refractivity contribution is 0.595. The summed E-state index contributed by atoms with van der Waals surface area (Å²) >= 11 is 11.2. The van der Waals surface area contributed by atoms with Crippen LogP contribution < -0.4 is 4.72 Å². The molecular weight excluding hydrogens is 338 g/mol. The Morgan fingerprint density at radius 3 is 2.48 bits per heavy atom. The van der Waals surface area contributed by atoms with Crippen molar-refractivity contribution in [2.75, 3.05) is 4.72 Å². The fourth-order valence-electron chi connectivity index (χ4n) is 1.59. The zero-order chi connectivity index (χ0) is 15.6. The fraction of sp³-hybridized carbons (Fsp3) is 0. The summed E-state index contributed by atoms with van der Waals surface area (Å²) in [6.07, 6.45) is 0. The predicted octanol–water partition coefficient (Wildman–Crippen LogP) is 3.80. The van der Waals surface area contributed by atoms with Gasteiger partial charge >= 0.3 is 0 Å². The largest absolute Gasteiger partial charge is 0.278 e. The quantitative estimate of drug-likeness (QED) is 0.860. The van der Waals surface area contributed by atoms with Gasteiger partial charge in [0.25, 0.3) is 10.0 Å². The molecule has 0 bridgehead atoms. The minimum atomic E-state index is -4.15. The number of nitrogens with one attached hydrogen (secondary N) is 1. The summed E-state index contributed by atoms with van der Waals surface area (Å²) in [6.45, 7) is 0. The van der Waals surface area contributed by atoms with Crippen LogP contribution in [0.1, 0.15) is 5.56 Å². The number of sulfonamides is 1. The zero-order valence-electron chi connectivity index (χ0n) is 10.3. The number of para-hydroxylation sites is 1. The first-order valence-electron chi connectivity index (χ1n) is 5.52. The van der Waals surface area contributed by atoms with E-state index in [1.54, 1.807) is 12.1 Å². The molecule has 0 aliphatic rings. The average Bonchev–Trinajstić information content (AvgIpc) is 2.44. The molecule has 0 heterocycles. The van der Waals surface area contributed by atoms with E-state index < -0.39 is 25.8 Å². The summed E-state index contributed by atoms with van der Waals surface area (Å²) in [5.41, 5.74) is 0.207. The standard InChI is InChI=1S/C13H7Cl2FN2O2S/c14-9-5-6-11(12(15)13(9)16)21(19,20)18-10-4-2-1-3-8(10)7-17/h1-6,18H. The van der Waals surface area contributed by atoms with E-state index in [2.05, 4.69) is 4.72 Å². The molecule has 2 rings (SSSR count). The summed E-state index contributed by atoms with van der Waals surface area (Å²) < 4.78 is 40.3. The lowest BCUT2D eigenvalue weighted by Gasteiger charge is -2.11. The van der Waals surface area contributed by atoms with Gasteiger partial charge in [0.15, 0.2) is 5.82 Å². The molecule has 0 spiro atoms. The van der Waals surface area contributed by atoms with Gasteiger partial charge in [-0.15, -0.1) is 0 Å². The van der Waals surface area contributed by atoms with Crippen molar-refractivity contribution in [2.45, 2.75) is 4.90 Å². The molecule has 8 heteroatoms. The fourth-order valence-corrected chi connectivity index (χ4v) is 3.41. The van der Waals surface area contributed by atoms with Crippen molar-refractivity contribution >= 4 is 38.9 Å². The number of nitrogens with zero attached hydrogens (tertiary/aromatic N) is 1. The Morgan fingerprint density at radius 1 is 1.14 bits per heavy atom. The third kappa shape index (κ3) is 3.10. The van der Waals surface area contributed by atoms with Gasteiger partial charge in [-0.2, -0.15) is 5.26 Å². The highest BCUT2D eigenvalue weighted by Crippen LogP contribution is 2.31. The van der Waals surface area contributed by atoms with Crippen LogP contribution in [0.4, 0.5) is 10.1 Å². The maximum atomic E-state index is 13.6. The number of hydrogen-bond donors (Lipinski definition) is 1.